The molecule has 0 atom stereocenters. The van der Waals surface area contributed by atoms with Crippen LogP contribution >= 0.6 is 0 Å². The maximum Gasteiger partial charge on any atom is 0.236 e. The van der Waals surface area contributed by atoms with Crippen molar-refractivity contribution in [2.24, 2.45) is 5.92 Å². The lowest BCUT2D eigenvalue weighted by Gasteiger charge is -2.22. The number of hydrogen-bond donors (Lipinski definition) is 1. The standard InChI is InChI=1S/C13H24N2O/c1-2-3-8-15(12-6-7-12)13(16)10-14-9-11-4-5-11/h11-12,14H,2-10H2,1H3. The molecule has 0 unspecified atom stereocenters. The van der Waals surface area contributed by atoms with Crippen LogP contribution in [0.5, 0.6) is 0 Å². The molecule has 0 spiro atoms. The molecule has 0 heterocycles. The average Bonchev–Trinajstić information content (AvgIpc) is 3.13. The summed E-state index contributed by atoms with van der Waals surface area (Å²) in [5.74, 6) is 1.18. The molecule has 0 radical (unpaired) electrons. The molecule has 3 nitrogen and oxygen atoms in total. The second-order valence-corrected chi connectivity index (χ2v) is 5.25. The molecule has 16 heavy (non-hydrogen) atoms. The predicted octanol–water partition coefficient (Wildman–Crippen LogP) is 1.78. The van der Waals surface area contributed by atoms with Gasteiger partial charge in [0.2, 0.25) is 5.91 Å². The number of nitrogens with zero attached hydrogens (tertiary/aromatic N) is 1. The van der Waals surface area contributed by atoms with Gasteiger partial charge in [-0.2, -0.15) is 0 Å². The number of rotatable bonds is 8. The summed E-state index contributed by atoms with van der Waals surface area (Å²) in [6.07, 6.45) is 7.46. The van der Waals surface area contributed by atoms with Crippen LogP contribution in [0, 0.1) is 5.92 Å². The van der Waals surface area contributed by atoms with Crippen molar-refractivity contribution < 1.29 is 4.79 Å². The van der Waals surface area contributed by atoms with Crippen LogP contribution in [0.2, 0.25) is 0 Å². The molecule has 0 saturated heterocycles. The SMILES string of the molecule is CCCCN(C(=O)CNCC1CC1)C1CC1. The second-order valence-electron chi connectivity index (χ2n) is 5.25. The molecule has 1 N–H and O–H groups in total. The van der Waals surface area contributed by atoms with Crippen molar-refractivity contribution in [3.05, 3.63) is 0 Å². The number of hydrogen-bond acceptors (Lipinski definition) is 2. The monoisotopic (exact) mass is 224 g/mol. The molecule has 92 valence electrons. The van der Waals surface area contributed by atoms with Crippen LogP contribution in [0.4, 0.5) is 0 Å². The van der Waals surface area contributed by atoms with E-state index in [9.17, 15) is 4.79 Å². The highest BCUT2D eigenvalue weighted by Gasteiger charge is 2.31. The Bertz CT molecular complexity index is 234. The predicted molar refractivity (Wildman–Crippen MR) is 65.2 cm³/mol. The summed E-state index contributed by atoms with van der Waals surface area (Å²) in [6.45, 7) is 4.74. The fourth-order valence-corrected chi connectivity index (χ4v) is 2.03. The first-order valence-electron chi connectivity index (χ1n) is 6.81. The van der Waals surface area contributed by atoms with E-state index in [0.717, 1.165) is 25.4 Å². The summed E-state index contributed by atoms with van der Waals surface area (Å²) < 4.78 is 0. The van der Waals surface area contributed by atoms with Gasteiger partial charge in [0, 0.05) is 12.6 Å². The first kappa shape index (κ1) is 11.9. The first-order chi connectivity index (χ1) is 7.81. The molecule has 2 aliphatic rings. The van der Waals surface area contributed by atoms with E-state index in [1.165, 1.54) is 32.1 Å². The topological polar surface area (TPSA) is 32.3 Å². The third-order valence-corrected chi connectivity index (χ3v) is 3.47. The number of carbonyl (C=O) groups is 1. The minimum Gasteiger partial charge on any atom is -0.339 e. The van der Waals surface area contributed by atoms with Gasteiger partial charge >= 0.3 is 0 Å². The third kappa shape index (κ3) is 3.78. The van der Waals surface area contributed by atoms with Crippen LogP contribution in [0.25, 0.3) is 0 Å². The van der Waals surface area contributed by atoms with Gasteiger partial charge in [-0.15, -0.1) is 0 Å². The Balaban J connectivity index is 1.65. The first-order valence-corrected chi connectivity index (χ1v) is 6.81. The minimum atomic E-state index is 0.316. The lowest BCUT2D eigenvalue weighted by molar-refractivity contribution is -0.130. The summed E-state index contributed by atoms with van der Waals surface area (Å²) in [4.78, 5) is 14.1. The Kier molecular flexibility index (Phi) is 4.22. The summed E-state index contributed by atoms with van der Waals surface area (Å²) in [7, 11) is 0. The zero-order valence-electron chi connectivity index (χ0n) is 10.4. The minimum absolute atomic E-state index is 0.316. The molecule has 2 aliphatic carbocycles. The van der Waals surface area contributed by atoms with Crippen molar-refractivity contribution in [3.8, 4) is 0 Å². The Morgan fingerprint density at radius 3 is 2.62 bits per heavy atom. The van der Waals surface area contributed by atoms with E-state index in [0.29, 0.717) is 18.5 Å². The van der Waals surface area contributed by atoms with Crippen molar-refractivity contribution in [1.82, 2.24) is 10.2 Å². The zero-order valence-corrected chi connectivity index (χ0v) is 10.4. The molecule has 3 heteroatoms. The van der Waals surface area contributed by atoms with Crippen LogP contribution in [0.3, 0.4) is 0 Å². The van der Waals surface area contributed by atoms with Crippen LogP contribution < -0.4 is 5.32 Å². The summed E-state index contributed by atoms with van der Waals surface area (Å²) in [6, 6.07) is 0.571. The largest absolute Gasteiger partial charge is 0.339 e. The molecular weight excluding hydrogens is 200 g/mol. The van der Waals surface area contributed by atoms with E-state index < -0.39 is 0 Å². The Hall–Kier alpha value is -0.570. The molecule has 2 saturated carbocycles. The van der Waals surface area contributed by atoms with Gasteiger partial charge in [0.1, 0.15) is 0 Å². The van der Waals surface area contributed by atoms with Crippen LogP contribution in [0.15, 0.2) is 0 Å². The molecule has 1 amide bonds. The quantitative estimate of drug-likeness (QED) is 0.681. The van der Waals surface area contributed by atoms with Gasteiger partial charge in [-0.3, -0.25) is 4.79 Å². The van der Waals surface area contributed by atoms with Crippen molar-refractivity contribution in [1.29, 1.82) is 0 Å². The molecule has 0 aromatic carbocycles. The van der Waals surface area contributed by atoms with Gasteiger partial charge in [0.05, 0.1) is 6.54 Å². The smallest absolute Gasteiger partial charge is 0.236 e. The number of unbranched alkanes of at least 4 members (excludes halogenated alkanes) is 1. The van der Waals surface area contributed by atoms with Gasteiger partial charge in [0.15, 0.2) is 0 Å². The van der Waals surface area contributed by atoms with E-state index in [4.69, 9.17) is 0 Å². The van der Waals surface area contributed by atoms with Crippen molar-refractivity contribution in [3.63, 3.8) is 0 Å². The van der Waals surface area contributed by atoms with E-state index in [2.05, 4.69) is 17.1 Å². The molecule has 0 bridgehead atoms. The number of nitrogens with one attached hydrogen (secondary N) is 1. The average molecular weight is 224 g/mol. The van der Waals surface area contributed by atoms with Gasteiger partial charge < -0.3 is 10.2 Å². The maximum absolute atomic E-state index is 12.0. The Morgan fingerprint density at radius 1 is 1.31 bits per heavy atom. The van der Waals surface area contributed by atoms with Crippen LogP contribution in [-0.4, -0.2) is 36.5 Å². The van der Waals surface area contributed by atoms with Crippen molar-refractivity contribution in [2.45, 2.75) is 51.5 Å². The fraction of sp³-hybridized carbons (Fsp3) is 0.923. The normalized spacial score (nSPS) is 19.8. The molecule has 0 aliphatic heterocycles. The van der Waals surface area contributed by atoms with Crippen molar-refractivity contribution >= 4 is 5.91 Å². The summed E-state index contributed by atoms with van der Waals surface area (Å²) in [5, 5.41) is 3.30. The molecule has 0 aromatic heterocycles. The van der Waals surface area contributed by atoms with Gasteiger partial charge in [-0.1, -0.05) is 13.3 Å². The fourth-order valence-electron chi connectivity index (χ4n) is 2.03. The molecule has 2 rings (SSSR count). The highest BCUT2D eigenvalue weighted by molar-refractivity contribution is 5.78. The lowest BCUT2D eigenvalue weighted by Crippen LogP contribution is -2.40. The maximum atomic E-state index is 12.0. The molecule has 2 fully saturated rings. The van der Waals surface area contributed by atoms with Crippen molar-refractivity contribution in [2.75, 3.05) is 19.6 Å². The van der Waals surface area contributed by atoms with E-state index in [-0.39, 0.29) is 0 Å². The van der Waals surface area contributed by atoms with Gasteiger partial charge in [0.25, 0.3) is 0 Å². The van der Waals surface area contributed by atoms with E-state index in [1.807, 2.05) is 0 Å². The summed E-state index contributed by atoms with van der Waals surface area (Å²) >= 11 is 0. The zero-order chi connectivity index (χ0) is 11.4. The summed E-state index contributed by atoms with van der Waals surface area (Å²) in [5.41, 5.74) is 0. The lowest BCUT2D eigenvalue weighted by atomic mass is 10.3. The molecular formula is C13H24N2O. The Labute approximate surface area is 98.6 Å². The van der Waals surface area contributed by atoms with Crippen LogP contribution in [0.1, 0.15) is 45.4 Å². The van der Waals surface area contributed by atoms with Gasteiger partial charge in [-0.05, 0) is 44.6 Å². The third-order valence-electron chi connectivity index (χ3n) is 3.47. The second kappa shape index (κ2) is 5.67. The van der Waals surface area contributed by atoms with E-state index in [1.54, 1.807) is 0 Å². The highest BCUT2D eigenvalue weighted by Crippen LogP contribution is 2.28. The van der Waals surface area contributed by atoms with E-state index >= 15 is 0 Å². The molecule has 0 aromatic rings. The number of amides is 1. The Morgan fingerprint density at radius 2 is 2.06 bits per heavy atom. The highest BCUT2D eigenvalue weighted by atomic mass is 16.2. The van der Waals surface area contributed by atoms with Crippen LogP contribution in [-0.2, 0) is 4.79 Å². The van der Waals surface area contributed by atoms with Gasteiger partial charge in [-0.25, -0.2) is 0 Å². The number of carbonyl (C=O) groups excluding carboxylic acids is 1.